The Morgan fingerprint density at radius 3 is 1.91 bits per heavy atom. The molecule has 0 heterocycles. The van der Waals surface area contributed by atoms with E-state index in [9.17, 15) is 4.79 Å². The number of rotatable bonds is 3. The zero-order valence-electron chi connectivity index (χ0n) is 7.50. The Morgan fingerprint density at radius 1 is 1.55 bits per heavy atom. The highest BCUT2D eigenvalue weighted by Gasteiger charge is 1.86. The summed E-state index contributed by atoms with van der Waals surface area (Å²) in [4.78, 5) is 9.37. The molecule has 0 aromatic carbocycles. The first-order valence-electron chi connectivity index (χ1n) is 3.94. The van der Waals surface area contributed by atoms with Crippen molar-refractivity contribution in [2.24, 2.45) is 0 Å². The van der Waals surface area contributed by atoms with E-state index in [1.807, 2.05) is 0 Å². The average Bonchev–Trinajstić information content (AvgIpc) is 1.89. The van der Waals surface area contributed by atoms with Crippen LogP contribution in [0.25, 0.3) is 0 Å². The summed E-state index contributed by atoms with van der Waals surface area (Å²) in [6, 6.07) is 0. The monoisotopic (exact) mass is 178 g/mol. The van der Waals surface area contributed by atoms with E-state index in [1.165, 1.54) is 12.8 Å². The van der Waals surface area contributed by atoms with E-state index in [-0.39, 0.29) is 6.42 Å². The number of aliphatic carboxylic acids is 1. The molecule has 0 fully saturated rings. The topological polar surface area (TPSA) is 37.3 Å². The average molecular weight is 178 g/mol. The van der Waals surface area contributed by atoms with Crippen molar-refractivity contribution in [1.82, 2.24) is 0 Å². The van der Waals surface area contributed by atoms with Gasteiger partial charge < -0.3 is 5.11 Å². The van der Waals surface area contributed by atoms with E-state index in [1.54, 1.807) is 6.92 Å². The maximum Gasteiger partial charge on any atom is 0.303 e. The predicted octanol–water partition coefficient (Wildman–Crippen LogP) is 2.59. The van der Waals surface area contributed by atoms with Gasteiger partial charge in [-0.05, 0) is 11.7 Å². The van der Waals surface area contributed by atoms with Crippen LogP contribution in [0, 0.1) is 0 Å². The predicted molar refractivity (Wildman–Crippen MR) is 51.3 cm³/mol. The molecule has 0 aliphatic rings. The molecule has 0 aliphatic heterocycles. The summed E-state index contributed by atoms with van der Waals surface area (Å²) in [6.45, 7) is 5.89. The van der Waals surface area contributed by atoms with Crippen LogP contribution in [0.4, 0.5) is 0 Å². The van der Waals surface area contributed by atoms with Gasteiger partial charge in [-0.1, -0.05) is 27.2 Å². The Morgan fingerprint density at radius 2 is 1.91 bits per heavy atom. The number of carbonyl (C=O) groups is 1. The van der Waals surface area contributed by atoms with Crippen LogP contribution in [0.5, 0.6) is 0 Å². The largest absolute Gasteiger partial charge is 0.481 e. The van der Waals surface area contributed by atoms with Crippen LogP contribution in [0.15, 0.2) is 0 Å². The molecule has 0 aromatic rings. The van der Waals surface area contributed by atoms with E-state index in [0.29, 0.717) is 5.25 Å². The zero-order chi connectivity index (χ0) is 9.28. The molecule has 11 heavy (non-hydrogen) atoms. The van der Waals surface area contributed by atoms with E-state index in [2.05, 4.69) is 26.5 Å². The van der Waals surface area contributed by atoms with Crippen molar-refractivity contribution in [3.05, 3.63) is 0 Å². The van der Waals surface area contributed by atoms with Crippen LogP contribution in [0.1, 0.15) is 40.0 Å². The first-order chi connectivity index (χ1) is 5.04. The Balaban J connectivity index is 0. The molecule has 0 amide bonds. The molecule has 2 nitrogen and oxygen atoms in total. The number of carboxylic acid groups (broad SMARTS) is 1. The smallest absolute Gasteiger partial charge is 0.303 e. The van der Waals surface area contributed by atoms with Gasteiger partial charge in [-0.2, -0.15) is 12.6 Å². The minimum absolute atomic E-state index is 0.222. The van der Waals surface area contributed by atoms with Crippen molar-refractivity contribution < 1.29 is 9.90 Å². The van der Waals surface area contributed by atoms with E-state index in [4.69, 9.17) is 5.11 Å². The summed E-state index contributed by atoms with van der Waals surface area (Å²) >= 11 is 4.18. The minimum Gasteiger partial charge on any atom is -0.481 e. The zero-order valence-corrected chi connectivity index (χ0v) is 8.40. The van der Waals surface area contributed by atoms with Crippen LogP contribution in [-0.4, -0.2) is 16.3 Å². The molecule has 68 valence electrons. The van der Waals surface area contributed by atoms with Crippen molar-refractivity contribution in [2.45, 2.75) is 45.3 Å². The third kappa shape index (κ3) is 25.8. The summed E-state index contributed by atoms with van der Waals surface area (Å²) in [5.41, 5.74) is 0. The Hall–Kier alpha value is -0.180. The van der Waals surface area contributed by atoms with E-state index in [0.717, 1.165) is 0 Å². The molecule has 0 rings (SSSR count). The van der Waals surface area contributed by atoms with Gasteiger partial charge in [0.25, 0.3) is 0 Å². The third-order valence-corrected chi connectivity index (χ3v) is 1.27. The van der Waals surface area contributed by atoms with Crippen LogP contribution in [-0.2, 0) is 4.79 Å². The maximum atomic E-state index is 9.37. The summed E-state index contributed by atoms with van der Waals surface area (Å²) in [6.07, 6.45) is 2.72. The van der Waals surface area contributed by atoms with Gasteiger partial charge in [-0.25, -0.2) is 0 Å². The van der Waals surface area contributed by atoms with Gasteiger partial charge in [0.2, 0.25) is 0 Å². The highest BCUT2D eigenvalue weighted by Crippen LogP contribution is 2.00. The van der Waals surface area contributed by atoms with Crippen LogP contribution in [0.2, 0.25) is 0 Å². The summed E-state index contributed by atoms with van der Waals surface area (Å²) in [5, 5.41) is 8.31. The second-order valence-corrected chi connectivity index (χ2v) is 3.27. The number of hydrogen-bond donors (Lipinski definition) is 2. The van der Waals surface area contributed by atoms with Gasteiger partial charge in [0.1, 0.15) is 0 Å². The Labute approximate surface area is 74.4 Å². The number of thiol groups is 1. The SMILES string of the molecule is CCC(=O)O.CCCC(C)S. The molecule has 0 aromatic heterocycles. The van der Waals surface area contributed by atoms with Gasteiger partial charge in [0.05, 0.1) is 0 Å². The summed E-state index contributed by atoms with van der Waals surface area (Å²) < 4.78 is 0. The standard InChI is InChI=1S/C5H12S.C3H6O2/c1-3-4-5(2)6;1-2-3(4)5/h5-6H,3-4H2,1-2H3;2H2,1H3,(H,4,5). The van der Waals surface area contributed by atoms with Crippen molar-refractivity contribution >= 4 is 18.6 Å². The van der Waals surface area contributed by atoms with E-state index >= 15 is 0 Å². The molecule has 0 saturated carbocycles. The fourth-order valence-corrected chi connectivity index (χ4v) is 0.676. The van der Waals surface area contributed by atoms with Gasteiger partial charge in [-0.3, -0.25) is 4.79 Å². The lowest BCUT2D eigenvalue weighted by molar-refractivity contribution is -0.136. The van der Waals surface area contributed by atoms with Crippen molar-refractivity contribution in [2.75, 3.05) is 0 Å². The second-order valence-electron chi connectivity index (χ2n) is 2.38. The molecule has 1 atom stereocenters. The van der Waals surface area contributed by atoms with Crippen molar-refractivity contribution in [3.63, 3.8) is 0 Å². The van der Waals surface area contributed by atoms with Gasteiger partial charge in [-0.15, -0.1) is 0 Å². The fourth-order valence-electron chi connectivity index (χ4n) is 0.418. The van der Waals surface area contributed by atoms with E-state index < -0.39 is 5.97 Å². The third-order valence-electron chi connectivity index (χ3n) is 1.01. The lowest BCUT2D eigenvalue weighted by Gasteiger charge is -1.95. The molecular formula is C8H18O2S. The lowest BCUT2D eigenvalue weighted by Crippen LogP contribution is -1.86. The van der Waals surface area contributed by atoms with Gasteiger partial charge >= 0.3 is 5.97 Å². The van der Waals surface area contributed by atoms with Crippen LogP contribution < -0.4 is 0 Å². The maximum absolute atomic E-state index is 9.37. The molecule has 3 heteroatoms. The molecule has 0 saturated heterocycles. The minimum atomic E-state index is -0.745. The van der Waals surface area contributed by atoms with Crippen LogP contribution >= 0.6 is 12.6 Å². The first kappa shape index (κ1) is 13.4. The normalized spacial score (nSPS) is 11.3. The Kier molecular flexibility index (Phi) is 12.0. The van der Waals surface area contributed by atoms with Crippen molar-refractivity contribution in [1.29, 1.82) is 0 Å². The highest BCUT2D eigenvalue weighted by atomic mass is 32.1. The molecular weight excluding hydrogens is 160 g/mol. The molecule has 1 N–H and O–H groups in total. The number of carboxylic acids is 1. The first-order valence-corrected chi connectivity index (χ1v) is 4.46. The van der Waals surface area contributed by atoms with Gasteiger partial charge in [0.15, 0.2) is 0 Å². The summed E-state index contributed by atoms with van der Waals surface area (Å²) in [5.74, 6) is -0.745. The van der Waals surface area contributed by atoms with Gasteiger partial charge in [0, 0.05) is 6.42 Å². The van der Waals surface area contributed by atoms with Crippen LogP contribution in [0.3, 0.4) is 0 Å². The molecule has 0 spiro atoms. The highest BCUT2D eigenvalue weighted by molar-refractivity contribution is 7.80. The van der Waals surface area contributed by atoms with Crippen molar-refractivity contribution in [3.8, 4) is 0 Å². The molecule has 1 unspecified atom stereocenters. The number of hydrogen-bond acceptors (Lipinski definition) is 2. The second kappa shape index (κ2) is 9.82. The quantitative estimate of drug-likeness (QED) is 0.652. The Bertz CT molecular complexity index is 92.1. The molecule has 0 radical (unpaired) electrons. The molecule has 0 bridgehead atoms. The summed E-state index contributed by atoms with van der Waals surface area (Å²) in [7, 11) is 0. The fraction of sp³-hybridized carbons (Fsp3) is 0.875. The lowest BCUT2D eigenvalue weighted by atomic mass is 10.3. The molecule has 0 aliphatic carbocycles.